The van der Waals surface area contributed by atoms with Gasteiger partial charge in [0.05, 0.1) is 29.0 Å². The summed E-state index contributed by atoms with van der Waals surface area (Å²) in [7, 11) is 2.29. The number of aromatic nitrogens is 2. The lowest BCUT2D eigenvalue weighted by Crippen LogP contribution is -2.45. The first-order chi connectivity index (χ1) is 13.2. The van der Waals surface area contributed by atoms with Crippen LogP contribution in [0.3, 0.4) is 0 Å². The highest BCUT2D eigenvalue weighted by Gasteiger charge is 2.34. The van der Waals surface area contributed by atoms with E-state index in [4.69, 9.17) is 0 Å². The summed E-state index contributed by atoms with van der Waals surface area (Å²) in [5.41, 5.74) is 0.316. The van der Waals surface area contributed by atoms with Crippen molar-refractivity contribution in [2.24, 2.45) is 7.05 Å². The van der Waals surface area contributed by atoms with Crippen LogP contribution in [0.1, 0.15) is 12.1 Å². The van der Waals surface area contributed by atoms with Gasteiger partial charge in [0.15, 0.2) is 9.84 Å². The maximum atomic E-state index is 13.1. The Morgan fingerprint density at radius 3 is 2.50 bits per heavy atom. The molecule has 1 aliphatic rings. The fourth-order valence-electron chi connectivity index (χ4n) is 3.59. The summed E-state index contributed by atoms with van der Waals surface area (Å²) >= 11 is 0. The van der Waals surface area contributed by atoms with Crippen LogP contribution in [0.2, 0.25) is 0 Å². The Morgan fingerprint density at radius 1 is 1.21 bits per heavy atom. The summed E-state index contributed by atoms with van der Waals surface area (Å²) in [5, 5.41) is 5.48. The lowest BCUT2D eigenvalue weighted by Gasteiger charge is -2.29. The lowest BCUT2D eigenvalue weighted by atomic mass is 10.1. The van der Waals surface area contributed by atoms with Crippen LogP contribution < -0.4 is 5.56 Å². The Morgan fingerprint density at radius 2 is 1.89 bits per heavy atom. The third-order valence-electron chi connectivity index (χ3n) is 5.11. The number of carbonyl (C=O) groups is 1. The normalized spacial score (nSPS) is 18.6. The number of aryl methyl sites for hydroxylation is 1. The first kappa shape index (κ1) is 20.5. The van der Waals surface area contributed by atoms with Gasteiger partial charge in [-0.05, 0) is 26.6 Å². The Bertz CT molecular complexity index is 1050. The second kappa shape index (κ2) is 8.00. The molecule has 1 fully saturated rings. The van der Waals surface area contributed by atoms with Gasteiger partial charge in [-0.15, -0.1) is 0 Å². The third-order valence-corrected chi connectivity index (χ3v) is 6.86. The quantitative estimate of drug-likeness (QED) is 0.673. The molecule has 1 aliphatic heterocycles. The van der Waals surface area contributed by atoms with Crippen LogP contribution in [-0.2, 0) is 28.1 Å². The molecule has 8 nitrogen and oxygen atoms in total. The Balaban J connectivity index is 1.91. The van der Waals surface area contributed by atoms with Crippen molar-refractivity contribution in [2.45, 2.75) is 18.9 Å². The first-order valence-electron chi connectivity index (χ1n) is 9.27. The van der Waals surface area contributed by atoms with E-state index < -0.39 is 9.84 Å². The fourth-order valence-corrected chi connectivity index (χ4v) is 5.32. The van der Waals surface area contributed by atoms with Crippen molar-refractivity contribution in [2.75, 3.05) is 38.7 Å². The number of hydrogen-bond donors (Lipinski definition) is 0. The number of hydrogen-bond acceptors (Lipinski definition) is 6. The third kappa shape index (κ3) is 4.41. The molecule has 0 bridgehead atoms. The Hall–Kier alpha value is -2.26. The molecule has 1 saturated heterocycles. The van der Waals surface area contributed by atoms with Crippen molar-refractivity contribution in [1.29, 1.82) is 0 Å². The highest BCUT2D eigenvalue weighted by Crippen LogP contribution is 2.20. The summed E-state index contributed by atoms with van der Waals surface area (Å²) in [6.45, 7) is 1.10. The zero-order valence-corrected chi connectivity index (χ0v) is 17.3. The predicted octanol–water partition coefficient (Wildman–Crippen LogP) is 0.0533. The van der Waals surface area contributed by atoms with Gasteiger partial charge < -0.3 is 9.80 Å². The van der Waals surface area contributed by atoms with Crippen LogP contribution in [0.5, 0.6) is 0 Å². The SMILES string of the molecule is CN(C)CCN(C(=O)Cc1nn(C)c(=O)c2ccccc12)C1CCS(=O)(=O)C1. The number of likely N-dealkylation sites (N-methyl/N-ethyl adjacent to an activating group) is 1. The van der Waals surface area contributed by atoms with Gasteiger partial charge in [0.2, 0.25) is 5.91 Å². The van der Waals surface area contributed by atoms with E-state index in [0.717, 1.165) is 0 Å². The molecule has 1 aromatic heterocycles. The molecule has 0 radical (unpaired) electrons. The molecule has 1 amide bonds. The van der Waals surface area contributed by atoms with E-state index in [-0.39, 0.29) is 35.4 Å². The van der Waals surface area contributed by atoms with Gasteiger partial charge in [-0.3, -0.25) is 9.59 Å². The van der Waals surface area contributed by atoms with E-state index in [1.165, 1.54) is 4.68 Å². The smallest absolute Gasteiger partial charge is 0.274 e. The van der Waals surface area contributed by atoms with Crippen molar-refractivity contribution >= 4 is 26.5 Å². The van der Waals surface area contributed by atoms with Crippen LogP contribution in [0.4, 0.5) is 0 Å². The molecule has 3 rings (SSSR count). The number of sulfone groups is 1. The van der Waals surface area contributed by atoms with Crippen LogP contribution in [-0.4, -0.2) is 78.6 Å². The zero-order chi connectivity index (χ0) is 20.5. The van der Waals surface area contributed by atoms with E-state index in [1.807, 2.05) is 25.1 Å². The number of carbonyl (C=O) groups excluding carboxylic acids is 1. The molecule has 152 valence electrons. The average molecular weight is 407 g/mol. The number of amides is 1. The molecule has 0 aliphatic carbocycles. The molecule has 1 unspecified atom stereocenters. The van der Waals surface area contributed by atoms with Gasteiger partial charge in [0, 0.05) is 31.6 Å². The predicted molar refractivity (Wildman–Crippen MR) is 108 cm³/mol. The minimum atomic E-state index is -3.10. The number of rotatable bonds is 6. The van der Waals surface area contributed by atoms with Crippen molar-refractivity contribution < 1.29 is 13.2 Å². The highest BCUT2D eigenvalue weighted by atomic mass is 32.2. The molecule has 0 saturated carbocycles. The Kier molecular flexibility index (Phi) is 5.85. The van der Waals surface area contributed by atoms with Gasteiger partial charge >= 0.3 is 0 Å². The van der Waals surface area contributed by atoms with Crippen LogP contribution >= 0.6 is 0 Å². The van der Waals surface area contributed by atoms with E-state index in [9.17, 15) is 18.0 Å². The molecular formula is C19H26N4O4S. The molecule has 2 heterocycles. The van der Waals surface area contributed by atoms with Crippen molar-refractivity contribution in [1.82, 2.24) is 19.6 Å². The maximum Gasteiger partial charge on any atom is 0.274 e. The first-order valence-corrected chi connectivity index (χ1v) is 11.1. The number of benzene rings is 1. The van der Waals surface area contributed by atoms with E-state index in [1.54, 1.807) is 30.1 Å². The van der Waals surface area contributed by atoms with Gasteiger partial charge in [-0.2, -0.15) is 5.10 Å². The second-order valence-electron chi connectivity index (χ2n) is 7.55. The molecule has 9 heteroatoms. The van der Waals surface area contributed by atoms with Gasteiger partial charge in [0.1, 0.15) is 0 Å². The second-order valence-corrected chi connectivity index (χ2v) is 9.77. The van der Waals surface area contributed by atoms with E-state index >= 15 is 0 Å². The van der Waals surface area contributed by atoms with Gasteiger partial charge in [-0.1, -0.05) is 18.2 Å². The number of nitrogens with zero attached hydrogens (tertiary/aromatic N) is 4. The van der Waals surface area contributed by atoms with Crippen molar-refractivity contribution in [3.8, 4) is 0 Å². The molecule has 28 heavy (non-hydrogen) atoms. The monoisotopic (exact) mass is 406 g/mol. The van der Waals surface area contributed by atoms with Crippen LogP contribution in [0, 0.1) is 0 Å². The summed E-state index contributed by atoms with van der Waals surface area (Å²) in [5.74, 6) is -0.0434. The number of fused-ring (bicyclic) bond motifs is 1. The molecule has 1 aromatic carbocycles. The van der Waals surface area contributed by atoms with Gasteiger partial charge in [0.25, 0.3) is 5.56 Å². The standard InChI is InChI=1S/C19H26N4O4S/c1-21(2)9-10-23(14-8-11-28(26,27)13-14)18(24)12-17-15-6-4-5-7-16(15)19(25)22(3)20-17/h4-7,14H,8-13H2,1-3H3. The summed E-state index contributed by atoms with van der Waals surface area (Å²) in [4.78, 5) is 29.1. The average Bonchev–Trinajstić information content (AvgIpc) is 2.99. The molecular weight excluding hydrogens is 380 g/mol. The fraction of sp³-hybridized carbons (Fsp3) is 0.526. The highest BCUT2D eigenvalue weighted by molar-refractivity contribution is 7.91. The van der Waals surface area contributed by atoms with Crippen LogP contribution in [0.25, 0.3) is 10.8 Å². The maximum absolute atomic E-state index is 13.1. The molecule has 0 N–H and O–H groups in total. The van der Waals surface area contributed by atoms with Crippen LogP contribution in [0.15, 0.2) is 29.1 Å². The summed E-state index contributed by atoms with van der Waals surface area (Å²) in [6, 6.07) is 6.79. The minimum absolute atomic E-state index is 0.00756. The zero-order valence-electron chi connectivity index (χ0n) is 16.5. The van der Waals surface area contributed by atoms with Crippen molar-refractivity contribution in [3.05, 3.63) is 40.3 Å². The van der Waals surface area contributed by atoms with E-state index in [0.29, 0.717) is 36.0 Å². The largest absolute Gasteiger partial charge is 0.337 e. The lowest BCUT2D eigenvalue weighted by molar-refractivity contribution is -0.132. The van der Waals surface area contributed by atoms with E-state index in [2.05, 4.69) is 5.10 Å². The molecule has 2 aromatic rings. The summed E-state index contributed by atoms with van der Waals surface area (Å²) < 4.78 is 25.1. The molecule has 1 atom stereocenters. The van der Waals surface area contributed by atoms with Crippen molar-refractivity contribution in [3.63, 3.8) is 0 Å². The Labute approximate surface area is 164 Å². The summed E-state index contributed by atoms with van der Waals surface area (Å²) in [6.07, 6.45) is 0.488. The minimum Gasteiger partial charge on any atom is -0.337 e. The topological polar surface area (TPSA) is 92.6 Å². The molecule has 0 spiro atoms. The van der Waals surface area contributed by atoms with Gasteiger partial charge in [-0.25, -0.2) is 13.1 Å².